The van der Waals surface area contributed by atoms with E-state index in [9.17, 15) is 13.6 Å². The van der Waals surface area contributed by atoms with Gasteiger partial charge in [-0.2, -0.15) is 4.98 Å². The number of fused-ring (bicyclic) bond motifs is 1. The number of rotatable bonds is 7. The molecule has 4 heterocycles. The highest BCUT2D eigenvalue weighted by Gasteiger charge is 2.36. The summed E-state index contributed by atoms with van der Waals surface area (Å²) in [7, 11) is 0. The van der Waals surface area contributed by atoms with Crippen molar-refractivity contribution in [3.63, 3.8) is 0 Å². The van der Waals surface area contributed by atoms with Gasteiger partial charge in [-0.05, 0) is 50.4 Å². The van der Waals surface area contributed by atoms with Gasteiger partial charge in [0.05, 0.1) is 0 Å². The molecule has 2 saturated carbocycles. The molecule has 0 bridgehead atoms. The van der Waals surface area contributed by atoms with Crippen LogP contribution in [0, 0.1) is 17.8 Å². The van der Waals surface area contributed by atoms with Crippen LogP contribution in [0.1, 0.15) is 71.6 Å². The summed E-state index contributed by atoms with van der Waals surface area (Å²) >= 11 is 0. The molecule has 6 rings (SSSR count). The maximum atomic E-state index is 14.0. The van der Waals surface area contributed by atoms with Gasteiger partial charge in [-0.15, -0.1) is 0 Å². The smallest absolute Gasteiger partial charge is 0.365 e. The standard InChI is InChI=1S/C26H36F2N8O2/c1-15-6-8-17(9-7-15)14-36-19-20(29-16(2)18-4-3-5-18)30-22(23-33-25(37)38-34-23)31-21(19)32-24(36)35-12-10-26(27,28)11-13-35/h15-18H,3-14H2,1-2H3,(H,29,30,31)(H,33,34,37)/t15-,16-,17-/m1/s1. The molecule has 38 heavy (non-hydrogen) atoms. The molecule has 3 aromatic heterocycles. The molecule has 10 nitrogen and oxygen atoms in total. The Labute approximate surface area is 219 Å². The van der Waals surface area contributed by atoms with Gasteiger partial charge >= 0.3 is 5.76 Å². The molecular weight excluding hydrogens is 494 g/mol. The Morgan fingerprint density at radius 1 is 1.11 bits per heavy atom. The largest absolute Gasteiger partial charge is 0.439 e. The number of piperidine rings is 1. The summed E-state index contributed by atoms with van der Waals surface area (Å²) < 4.78 is 34.9. The van der Waals surface area contributed by atoms with E-state index in [1.54, 1.807) is 0 Å². The van der Waals surface area contributed by atoms with Crippen molar-refractivity contribution in [3.8, 4) is 11.6 Å². The number of nitrogens with zero attached hydrogens (tertiary/aromatic N) is 6. The zero-order chi connectivity index (χ0) is 26.4. The third-order valence-electron chi connectivity index (χ3n) is 8.81. The molecule has 0 unspecified atom stereocenters. The third kappa shape index (κ3) is 5.01. The highest BCUT2D eigenvalue weighted by Crippen LogP contribution is 2.38. The molecule has 12 heteroatoms. The molecular formula is C26H36F2N8O2. The Hall–Kier alpha value is -3.05. The predicted molar refractivity (Wildman–Crippen MR) is 139 cm³/mol. The number of anilines is 2. The van der Waals surface area contributed by atoms with Crippen LogP contribution in [0.2, 0.25) is 0 Å². The number of H-pyrrole nitrogens is 1. The van der Waals surface area contributed by atoms with Crippen LogP contribution in [0.5, 0.6) is 0 Å². The second-order valence-electron chi connectivity index (χ2n) is 11.6. The Bertz CT molecular complexity index is 1330. The highest BCUT2D eigenvalue weighted by atomic mass is 19.3. The van der Waals surface area contributed by atoms with Gasteiger partial charge in [-0.1, -0.05) is 31.3 Å². The topological polar surface area (TPSA) is 118 Å². The van der Waals surface area contributed by atoms with Gasteiger partial charge < -0.3 is 14.8 Å². The van der Waals surface area contributed by atoms with E-state index >= 15 is 0 Å². The predicted octanol–water partition coefficient (Wildman–Crippen LogP) is 4.83. The number of hydrogen-bond donors (Lipinski definition) is 2. The summed E-state index contributed by atoms with van der Waals surface area (Å²) in [5, 5.41) is 7.40. The molecule has 3 aromatic rings. The van der Waals surface area contributed by atoms with E-state index in [0.717, 1.165) is 30.8 Å². The van der Waals surface area contributed by atoms with E-state index in [0.29, 0.717) is 29.2 Å². The molecule has 0 spiro atoms. The van der Waals surface area contributed by atoms with Gasteiger partial charge in [0, 0.05) is 38.5 Å². The molecule has 3 aliphatic rings. The van der Waals surface area contributed by atoms with Gasteiger partial charge in [0.1, 0.15) is 5.52 Å². The van der Waals surface area contributed by atoms with Crippen molar-refractivity contribution < 1.29 is 13.3 Å². The molecule has 0 amide bonds. The van der Waals surface area contributed by atoms with Crippen LogP contribution >= 0.6 is 0 Å². The van der Waals surface area contributed by atoms with E-state index in [1.165, 1.54) is 32.1 Å². The Balaban J connectivity index is 1.45. The first-order valence-corrected chi connectivity index (χ1v) is 14.0. The molecule has 0 radical (unpaired) electrons. The molecule has 2 N–H and O–H groups in total. The maximum Gasteiger partial charge on any atom is 0.439 e. The second kappa shape index (κ2) is 9.92. The van der Waals surface area contributed by atoms with Gasteiger partial charge in [0.25, 0.3) is 5.92 Å². The number of alkyl halides is 2. The lowest BCUT2D eigenvalue weighted by Gasteiger charge is -2.34. The summed E-state index contributed by atoms with van der Waals surface area (Å²) in [6.07, 6.45) is 7.78. The second-order valence-corrected chi connectivity index (χ2v) is 11.6. The summed E-state index contributed by atoms with van der Waals surface area (Å²) in [6, 6.07) is 0.182. The van der Waals surface area contributed by atoms with Crippen LogP contribution in [0.25, 0.3) is 22.8 Å². The molecule has 1 atom stereocenters. The lowest BCUT2D eigenvalue weighted by atomic mass is 9.80. The fraction of sp³-hybridized carbons (Fsp3) is 0.731. The van der Waals surface area contributed by atoms with Crippen LogP contribution in [0.4, 0.5) is 20.5 Å². The lowest BCUT2D eigenvalue weighted by molar-refractivity contribution is -0.0223. The highest BCUT2D eigenvalue weighted by molar-refractivity contribution is 5.87. The Morgan fingerprint density at radius 3 is 2.47 bits per heavy atom. The summed E-state index contributed by atoms with van der Waals surface area (Å²) in [5.41, 5.74) is 1.23. The van der Waals surface area contributed by atoms with E-state index < -0.39 is 11.7 Å². The van der Waals surface area contributed by atoms with Crippen LogP contribution < -0.4 is 16.0 Å². The number of halogens is 2. The molecule has 2 aliphatic carbocycles. The summed E-state index contributed by atoms with van der Waals surface area (Å²) in [4.78, 5) is 30.5. The van der Waals surface area contributed by atoms with Crippen molar-refractivity contribution in [1.29, 1.82) is 0 Å². The fourth-order valence-corrected chi connectivity index (χ4v) is 6.05. The van der Waals surface area contributed by atoms with E-state index in [2.05, 4.69) is 38.9 Å². The normalized spacial score (nSPS) is 24.9. The van der Waals surface area contributed by atoms with Crippen molar-refractivity contribution in [2.45, 2.75) is 90.1 Å². The van der Waals surface area contributed by atoms with Crippen LogP contribution in [-0.4, -0.2) is 54.7 Å². The SMILES string of the molecule is C[C@@H](Nc1nc(-c2noc(=O)[nH]2)nc2nc(N3CCC(F)(F)CC3)n(C[C@H]3CC[C@H](C)CC3)c12)C1CCC1. The quantitative estimate of drug-likeness (QED) is 0.446. The van der Waals surface area contributed by atoms with Gasteiger partial charge in [0.2, 0.25) is 17.6 Å². The monoisotopic (exact) mass is 530 g/mol. The Morgan fingerprint density at radius 2 is 1.84 bits per heavy atom. The van der Waals surface area contributed by atoms with Crippen molar-refractivity contribution in [1.82, 2.24) is 29.7 Å². The minimum absolute atomic E-state index is 0.131. The third-order valence-corrected chi connectivity index (χ3v) is 8.81. The number of hydrogen-bond acceptors (Lipinski definition) is 8. The lowest BCUT2D eigenvalue weighted by Crippen LogP contribution is -2.40. The van der Waals surface area contributed by atoms with Crippen molar-refractivity contribution in [3.05, 3.63) is 10.6 Å². The molecule has 1 aliphatic heterocycles. The van der Waals surface area contributed by atoms with E-state index in [-0.39, 0.29) is 43.6 Å². The maximum absolute atomic E-state index is 14.0. The zero-order valence-electron chi connectivity index (χ0n) is 22.1. The molecule has 206 valence electrons. The van der Waals surface area contributed by atoms with Crippen molar-refractivity contribution in [2.75, 3.05) is 23.3 Å². The van der Waals surface area contributed by atoms with E-state index in [4.69, 9.17) is 14.5 Å². The molecule has 3 fully saturated rings. The minimum atomic E-state index is -2.65. The number of nitrogens with one attached hydrogen (secondary N) is 2. The molecule has 1 saturated heterocycles. The number of aromatic amines is 1. The van der Waals surface area contributed by atoms with Crippen molar-refractivity contribution in [2.24, 2.45) is 17.8 Å². The zero-order valence-corrected chi connectivity index (χ0v) is 22.1. The van der Waals surface area contributed by atoms with Crippen molar-refractivity contribution >= 4 is 22.9 Å². The Kier molecular flexibility index (Phi) is 6.59. The first-order valence-electron chi connectivity index (χ1n) is 14.0. The number of aromatic nitrogens is 6. The number of imidazole rings is 1. The van der Waals surface area contributed by atoms with Crippen LogP contribution in [0.3, 0.4) is 0 Å². The first kappa shape index (κ1) is 25.2. The van der Waals surface area contributed by atoms with Gasteiger partial charge in [-0.3, -0.25) is 9.51 Å². The summed E-state index contributed by atoms with van der Waals surface area (Å²) in [5.74, 6) is 0.0349. The summed E-state index contributed by atoms with van der Waals surface area (Å²) in [6.45, 7) is 5.66. The van der Waals surface area contributed by atoms with Crippen LogP contribution in [-0.2, 0) is 6.54 Å². The van der Waals surface area contributed by atoms with E-state index in [1.807, 2.05) is 4.90 Å². The van der Waals surface area contributed by atoms with Crippen LogP contribution in [0.15, 0.2) is 9.32 Å². The van der Waals surface area contributed by atoms with Gasteiger partial charge in [0.15, 0.2) is 11.5 Å². The first-order chi connectivity index (χ1) is 18.3. The average Bonchev–Trinajstić information content (AvgIpc) is 3.43. The van der Waals surface area contributed by atoms with Gasteiger partial charge in [-0.25, -0.2) is 23.5 Å². The molecule has 0 aromatic carbocycles. The fourth-order valence-electron chi connectivity index (χ4n) is 6.05. The average molecular weight is 531 g/mol. The minimum Gasteiger partial charge on any atom is -0.365 e.